The number of esters is 1. The van der Waals surface area contributed by atoms with E-state index >= 15 is 0 Å². The number of aromatic amines is 1. The van der Waals surface area contributed by atoms with Crippen LogP contribution in [0.25, 0.3) is 10.9 Å². The number of hydrogen-bond acceptors (Lipinski definition) is 3. The Balaban J connectivity index is 0.00000364. The zero-order chi connectivity index (χ0) is 19.2. The highest BCUT2D eigenvalue weighted by molar-refractivity contribution is 14.0. The monoisotopic (exact) mass is 486 g/mol. The molecule has 0 bridgehead atoms. The van der Waals surface area contributed by atoms with E-state index in [1.807, 2.05) is 27.7 Å². The summed E-state index contributed by atoms with van der Waals surface area (Å²) in [6.07, 6.45) is 2.92. The van der Waals surface area contributed by atoms with Gasteiger partial charge in [0.25, 0.3) is 0 Å². The van der Waals surface area contributed by atoms with Gasteiger partial charge >= 0.3 is 5.97 Å². The molecule has 1 heterocycles. The third-order valence-electron chi connectivity index (χ3n) is 3.81. The van der Waals surface area contributed by atoms with E-state index in [4.69, 9.17) is 4.74 Å². The highest BCUT2D eigenvalue weighted by Gasteiger charge is 2.15. The molecule has 2 aromatic rings. The Kier molecular flexibility index (Phi) is 9.08. The fourth-order valence-electron chi connectivity index (χ4n) is 2.82. The molecule has 7 heteroatoms. The summed E-state index contributed by atoms with van der Waals surface area (Å²) < 4.78 is 5.29. The quantitative estimate of drug-likeness (QED) is 0.253. The van der Waals surface area contributed by atoms with Gasteiger partial charge in [-0.25, -0.2) is 4.99 Å². The van der Waals surface area contributed by atoms with Crippen molar-refractivity contribution >= 4 is 46.8 Å². The minimum atomic E-state index is -0.494. The van der Waals surface area contributed by atoms with Crippen LogP contribution in [-0.4, -0.2) is 42.1 Å². The number of nitrogens with one attached hydrogen (secondary N) is 3. The van der Waals surface area contributed by atoms with Crippen molar-refractivity contribution < 1.29 is 9.53 Å². The minimum Gasteiger partial charge on any atom is -0.459 e. The maximum Gasteiger partial charge on any atom is 0.328 e. The molecule has 0 radical (unpaired) electrons. The number of carbonyl (C=O) groups is 1. The van der Waals surface area contributed by atoms with E-state index in [1.165, 1.54) is 16.5 Å². The van der Waals surface area contributed by atoms with Crippen molar-refractivity contribution in [3.63, 3.8) is 0 Å². The molecule has 0 fully saturated rings. The first-order valence-corrected chi connectivity index (χ1v) is 9.09. The number of fused-ring (bicyclic) bond motifs is 1. The summed E-state index contributed by atoms with van der Waals surface area (Å²) in [6, 6.07) is 6.27. The van der Waals surface area contributed by atoms with Gasteiger partial charge in [-0.2, -0.15) is 0 Å². The zero-order valence-electron chi connectivity index (χ0n) is 16.8. The maximum atomic E-state index is 11.8. The van der Waals surface area contributed by atoms with Gasteiger partial charge in [-0.3, -0.25) is 4.79 Å². The predicted octanol–water partition coefficient (Wildman–Crippen LogP) is 3.53. The third-order valence-corrected chi connectivity index (χ3v) is 3.81. The van der Waals surface area contributed by atoms with Crippen LogP contribution in [0.4, 0.5) is 0 Å². The summed E-state index contributed by atoms with van der Waals surface area (Å²) in [4.78, 5) is 19.5. The van der Waals surface area contributed by atoms with Crippen LogP contribution in [0.2, 0.25) is 0 Å². The summed E-state index contributed by atoms with van der Waals surface area (Å²) in [5.41, 5.74) is 3.20. The largest absolute Gasteiger partial charge is 0.459 e. The highest BCUT2D eigenvalue weighted by Crippen LogP contribution is 2.22. The lowest BCUT2D eigenvalue weighted by Gasteiger charge is -2.19. The van der Waals surface area contributed by atoms with Crippen LogP contribution in [0.5, 0.6) is 0 Å². The standard InChI is InChI=1S/C20H30N4O2.HI/c1-6-21-19(24-13-17(25)26-20(3,4)5)22-11-10-15-12-23-16-9-7-8-14(2)18(15)16;/h7-9,12,23H,6,10-11,13H2,1-5H3,(H2,21,22,24);1H. The molecule has 3 N–H and O–H groups in total. The normalized spacial score (nSPS) is 11.8. The Bertz CT molecular complexity index is 778. The van der Waals surface area contributed by atoms with Gasteiger partial charge in [0.15, 0.2) is 5.96 Å². The van der Waals surface area contributed by atoms with Gasteiger partial charge < -0.3 is 20.4 Å². The fourth-order valence-corrected chi connectivity index (χ4v) is 2.82. The lowest BCUT2D eigenvalue weighted by molar-refractivity contribution is -0.152. The number of guanidine groups is 1. The smallest absolute Gasteiger partial charge is 0.328 e. The first-order chi connectivity index (χ1) is 12.3. The van der Waals surface area contributed by atoms with Crippen LogP contribution >= 0.6 is 24.0 Å². The van der Waals surface area contributed by atoms with Crippen LogP contribution in [0.3, 0.4) is 0 Å². The maximum absolute atomic E-state index is 11.8. The van der Waals surface area contributed by atoms with Crippen molar-refractivity contribution in [3.05, 3.63) is 35.5 Å². The first kappa shape index (κ1) is 23.3. The summed E-state index contributed by atoms with van der Waals surface area (Å²) in [6.45, 7) is 11.1. The molecular formula is C20H31IN4O2. The molecule has 150 valence electrons. The summed E-state index contributed by atoms with van der Waals surface area (Å²) in [5.74, 6) is 0.289. The second-order valence-electron chi connectivity index (χ2n) is 7.27. The SMILES string of the molecule is CCNC(=NCC(=O)OC(C)(C)C)NCCc1c[nH]c2cccc(C)c12.I. The number of carbonyl (C=O) groups excluding carboxylic acids is 1. The Labute approximate surface area is 178 Å². The number of rotatable bonds is 6. The average molecular weight is 486 g/mol. The number of halogens is 1. The average Bonchev–Trinajstić information content (AvgIpc) is 2.95. The molecule has 0 spiro atoms. The molecule has 0 amide bonds. The van der Waals surface area contributed by atoms with E-state index in [-0.39, 0.29) is 36.5 Å². The van der Waals surface area contributed by atoms with Gasteiger partial charge in [0.05, 0.1) is 0 Å². The molecule has 0 atom stereocenters. The van der Waals surface area contributed by atoms with Crippen molar-refractivity contribution in [1.29, 1.82) is 0 Å². The molecule has 2 rings (SSSR count). The number of benzene rings is 1. The number of ether oxygens (including phenoxy) is 1. The minimum absolute atomic E-state index is 0. The van der Waals surface area contributed by atoms with Gasteiger partial charge in [0.1, 0.15) is 12.1 Å². The molecule has 6 nitrogen and oxygen atoms in total. The van der Waals surface area contributed by atoms with Crippen molar-refractivity contribution in [3.8, 4) is 0 Å². The molecule has 0 aliphatic rings. The van der Waals surface area contributed by atoms with Crippen LogP contribution in [0, 0.1) is 6.92 Å². The predicted molar refractivity (Wildman–Crippen MR) is 122 cm³/mol. The van der Waals surface area contributed by atoms with E-state index in [0.29, 0.717) is 5.96 Å². The summed E-state index contributed by atoms with van der Waals surface area (Å²) in [7, 11) is 0. The lowest BCUT2D eigenvalue weighted by atomic mass is 10.1. The third kappa shape index (κ3) is 7.40. The number of nitrogens with zero attached hydrogens (tertiary/aromatic N) is 1. The van der Waals surface area contributed by atoms with E-state index < -0.39 is 5.60 Å². The van der Waals surface area contributed by atoms with E-state index in [0.717, 1.165) is 25.0 Å². The van der Waals surface area contributed by atoms with E-state index in [2.05, 4.69) is 51.9 Å². The number of aromatic nitrogens is 1. The van der Waals surface area contributed by atoms with E-state index in [9.17, 15) is 4.79 Å². The van der Waals surface area contributed by atoms with Gasteiger partial charge in [-0.1, -0.05) is 12.1 Å². The lowest BCUT2D eigenvalue weighted by Crippen LogP contribution is -2.39. The van der Waals surface area contributed by atoms with Gasteiger partial charge in [-0.15, -0.1) is 24.0 Å². The number of hydrogen-bond donors (Lipinski definition) is 3. The van der Waals surface area contributed by atoms with Gasteiger partial charge in [0.2, 0.25) is 0 Å². The number of H-pyrrole nitrogens is 1. The van der Waals surface area contributed by atoms with Crippen molar-refractivity contribution in [2.24, 2.45) is 4.99 Å². The second-order valence-corrected chi connectivity index (χ2v) is 7.27. The number of aryl methyl sites for hydroxylation is 1. The summed E-state index contributed by atoms with van der Waals surface area (Å²) >= 11 is 0. The number of aliphatic imine (C=N–C) groups is 1. The molecule has 0 saturated carbocycles. The highest BCUT2D eigenvalue weighted by atomic mass is 127. The van der Waals surface area contributed by atoms with Crippen LogP contribution in [0.15, 0.2) is 29.4 Å². The Morgan fingerprint density at radius 3 is 2.67 bits per heavy atom. The Hall–Kier alpha value is -1.77. The molecule has 1 aromatic carbocycles. The molecular weight excluding hydrogens is 455 g/mol. The molecule has 0 unspecified atom stereocenters. The zero-order valence-corrected chi connectivity index (χ0v) is 19.1. The summed E-state index contributed by atoms with van der Waals surface area (Å²) in [5, 5.41) is 7.71. The molecule has 27 heavy (non-hydrogen) atoms. The second kappa shape index (κ2) is 10.5. The Morgan fingerprint density at radius 2 is 2.00 bits per heavy atom. The van der Waals surface area contributed by atoms with Gasteiger partial charge in [-0.05, 0) is 58.2 Å². The van der Waals surface area contributed by atoms with Crippen molar-refractivity contribution in [1.82, 2.24) is 15.6 Å². The van der Waals surface area contributed by atoms with Crippen molar-refractivity contribution in [2.45, 2.75) is 46.6 Å². The molecule has 1 aromatic heterocycles. The Morgan fingerprint density at radius 1 is 1.26 bits per heavy atom. The van der Waals surface area contributed by atoms with E-state index in [1.54, 1.807) is 0 Å². The van der Waals surface area contributed by atoms with Crippen LogP contribution < -0.4 is 10.6 Å². The first-order valence-electron chi connectivity index (χ1n) is 9.09. The molecule has 0 aliphatic carbocycles. The topological polar surface area (TPSA) is 78.5 Å². The van der Waals surface area contributed by atoms with Crippen LogP contribution in [0.1, 0.15) is 38.8 Å². The van der Waals surface area contributed by atoms with Crippen molar-refractivity contribution in [2.75, 3.05) is 19.6 Å². The van der Waals surface area contributed by atoms with Gasteiger partial charge in [0, 0.05) is 30.2 Å². The molecule has 0 saturated heterocycles. The van der Waals surface area contributed by atoms with Crippen LogP contribution in [-0.2, 0) is 16.0 Å². The fraction of sp³-hybridized carbons (Fsp3) is 0.500. The molecule has 0 aliphatic heterocycles.